The van der Waals surface area contributed by atoms with E-state index in [0.29, 0.717) is 0 Å². The van der Waals surface area contributed by atoms with Gasteiger partial charge in [-0.25, -0.2) is 14.4 Å². The number of ether oxygens (including phenoxy) is 2. The second kappa shape index (κ2) is 19.3. The molecule has 37 heavy (non-hydrogen) atoms. The van der Waals surface area contributed by atoms with E-state index in [-0.39, 0.29) is 77.9 Å². The quantitative estimate of drug-likeness (QED) is 0.0666. The molecule has 0 rings (SSSR count). The van der Waals surface area contributed by atoms with E-state index in [1.54, 1.807) is 0 Å². The molecular formula is C16H18O17Zn4. The van der Waals surface area contributed by atoms with Crippen molar-refractivity contribution in [1.82, 2.24) is 0 Å². The molecule has 7 N–H and O–H groups in total. The van der Waals surface area contributed by atoms with Crippen molar-refractivity contribution in [3.05, 3.63) is 0 Å². The standard InChI is InChI=1S/C16H18O17.4Zn/c17-6(12(27)33-16(14(30)31,4-9(22)23)5-10(24)25)1-11(26)32-15(13(28)29,2-7(18)19)3-8(20)21;;;;/h6,17H,1-5H2,(H,18,19)(H,20,21)(H,22,23)(H,24,25)(H,28,29)(H,30,31);;;;. The Morgan fingerprint density at radius 1 is 0.541 bits per heavy atom. The van der Waals surface area contributed by atoms with Crippen molar-refractivity contribution in [3.63, 3.8) is 0 Å². The zero-order chi connectivity index (χ0) is 26.1. The predicted octanol–water partition coefficient (Wildman–Crippen LogP) is -2.64. The Balaban J connectivity index is -0.000000853. The van der Waals surface area contributed by atoms with Crippen LogP contribution in [0, 0.1) is 0 Å². The molecule has 0 aliphatic heterocycles. The SMILES string of the molecule is O=C(O)CC(CC(=O)O)(OC(=O)CC(O)C(=O)OC(CC(=O)O)(CC(=O)O)C(=O)O)C(=O)O.[Zn].[Zn].[Zn].[Zn]. The van der Waals surface area contributed by atoms with Crippen LogP contribution in [-0.2, 0) is 126 Å². The molecule has 21 heteroatoms. The molecule has 0 aromatic heterocycles. The van der Waals surface area contributed by atoms with Crippen LogP contribution in [0.2, 0.25) is 0 Å². The molecule has 0 aliphatic carbocycles. The van der Waals surface area contributed by atoms with Crippen LogP contribution in [0.25, 0.3) is 0 Å². The number of rotatable bonds is 15. The van der Waals surface area contributed by atoms with Gasteiger partial charge in [-0.1, -0.05) is 0 Å². The molecular weight excluding hydrogens is 726 g/mol. The Kier molecular flexibility index (Phi) is 23.6. The van der Waals surface area contributed by atoms with Gasteiger partial charge in [-0.15, -0.1) is 0 Å². The molecule has 0 aromatic carbocycles. The summed E-state index contributed by atoms with van der Waals surface area (Å²) in [5.41, 5.74) is -6.34. The second-order valence-corrected chi connectivity index (χ2v) is 6.50. The number of carbonyl (C=O) groups is 8. The van der Waals surface area contributed by atoms with Gasteiger partial charge in [0.2, 0.25) is 11.2 Å². The van der Waals surface area contributed by atoms with Crippen LogP contribution in [0.5, 0.6) is 0 Å². The van der Waals surface area contributed by atoms with E-state index in [0.717, 1.165) is 0 Å². The zero-order valence-electron chi connectivity index (χ0n) is 19.2. The van der Waals surface area contributed by atoms with Gasteiger partial charge in [-0.2, -0.15) is 0 Å². The molecule has 0 heterocycles. The largest absolute Gasteiger partial charge is 0.481 e. The fraction of sp³-hybridized carbons (Fsp3) is 0.500. The van der Waals surface area contributed by atoms with Gasteiger partial charge in [0.15, 0.2) is 6.10 Å². The summed E-state index contributed by atoms with van der Waals surface area (Å²) < 4.78 is 8.70. The number of aliphatic hydroxyl groups is 1. The molecule has 1 atom stereocenters. The number of hydrogen-bond acceptors (Lipinski definition) is 11. The second-order valence-electron chi connectivity index (χ2n) is 6.50. The minimum atomic E-state index is -3.20. The summed E-state index contributed by atoms with van der Waals surface area (Å²) in [5.74, 6) is -15.9. The maximum atomic E-state index is 12.0. The molecule has 192 valence electrons. The fourth-order valence-electron chi connectivity index (χ4n) is 2.40. The van der Waals surface area contributed by atoms with E-state index in [1.807, 2.05) is 0 Å². The van der Waals surface area contributed by atoms with Crippen molar-refractivity contribution in [2.75, 3.05) is 0 Å². The van der Waals surface area contributed by atoms with Crippen LogP contribution >= 0.6 is 0 Å². The number of esters is 2. The summed E-state index contributed by atoms with van der Waals surface area (Å²) in [6, 6.07) is 0. The smallest absolute Gasteiger partial charge is 0.349 e. The molecule has 0 amide bonds. The van der Waals surface area contributed by atoms with Gasteiger partial charge in [0.05, 0.1) is 32.1 Å². The van der Waals surface area contributed by atoms with Crippen LogP contribution in [0.1, 0.15) is 32.1 Å². The van der Waals surface area contributed by atoms with Gasteiger partial charge in [-0.05, 0) is 0 Å². The van der Waals surface area contributed by atoms with Crippen LogP contribution in [-0.4, -0.2) is 101 Å². The maximum absolute atomic E-state index is 12.0. The average molecular weight is 744 g/mol. The molecule has 0 aromatic rings. The summed E-state index contributed by atoms with van der Waals surface area (Å²) in [5, 5.41) is 63.3. The van der Waals surface area contributed by atoms with Gasteiger partial charge >= 0.3 is 47.8 Å². The van der Waals surface area contributed by atoms with Crippen LogP contribution in [0.15, 0.2) is 0 Å². The first-order valence-corrected chi connectivity index (χ1v) is 8.43. The molecule has 0 bridgehead atoms. The number of carbonyl (C=O) groups excluding carboxylic acids is 2. The molecule has 0 spiro atoms. The van der Waals surface area contributed by atoms with E-state index in [2.05, 4.69) is 9.47 Å². The summed E-state index contributed by atoms with van der Waals surface area (Å²) in [6.45, 7) is 0. The van der Waals surface area contributed by atoms with Crippen LogP contribution in [0.3, 0.4) is 0 Å². The minimum absolute atomic E-state index is 0. The van der Waals surface area contributed by atoms with Gasteiger partial charge in [0, 0.05) is 77.9 Å². The van der Waals surface area contributed by atoms with Gasteiger partial charge < -0.3 is 45.2 Å². The third-order valence-electron chi connectivity index (χ3n) is 3.76. The van der Waals surface area contributed by atoms with E-state index < -0.39 is 97.2 Å². The number of carboxylic acid groups (broad SMARTS) is 6. The van der Waals surface area contributed by atoms with Crippen molar-refractivity contribution < 1.29 is 161 Å². The van der Waals surface area contributed by atoms with Gasteiger partial charge in [0.25, 0.3) is 0 Å². The third kappa shape index (κ3) is 15.3. The maximum Gasteiger partial charge on any atom is 0.349 e. The van der Waals surface area contributed by atoms with Crippen molar-refractivity contribution in [2.45, 2.75) is 49.4 Å². The zero-order valence-corrected chi connectivity index (χ0v) is 31.0. The first-order chi connectivity index (χ1) is 15.0. The minimum Gasteiger partial charge on any atom is -0.481 e. The normalized spacial score (nSPS) is 10.8. The van der Waals surface area contributed by atoms with E-state index in [9.17, 15) is 43.5 Å². The van der Waals surface area contributed by atoms with Crippen molar-refractivity contribution in [2.24, 2.45) is 0 Å². The van der Waals surface area contributed by atoms with Crippen LogP contribution in [0.4, 0.5) is 0 Å². The Hall–Kier alpha value is -1.79. The third-order valence-corrected chi connectivity index (χ3v) is 3.76. The number of aliphatic hydroxyl groups excluding tert-OH is 1. The first kappa shape index (κ1) is 45.2. The van der Waals surface area contributed by atoms with Gasteiger partial charge in [-0.3, -0.25) is 24.0 Å². The number of aliphatic carboxylic acids is 6. The molecule has 0 saturated carbocycles. The van der Waals surface area contributed by atoms with E-state index in [4.69, 9.17) is 30.6 Å². The van der Waals surface area contributed by atoms with E-state index in [1.165, 1.54) is 0 Å². The van der Waals surface area contributed by atoms with Crippen LogP contribution < -0.4 is 0 Å². The molecule has 0 aliphatic rings. The fourth-order valence-corrected chi connectivity index (χ4v) is 2.40. The summed E-state index contributed by atoms with van der Waals surface area (Å²) >= 11 is 0. The molecule has 0 fully saturated rings. The predicted molar refractivity (Wildman–Crippen MR) is 92.6 cm³/mol. The van der Waals surface area contributed by atoms with E-state index >= 15 is 0 Å². The van der Waals surface area contributed by atoms with Crippen molar-refractivity contribution in [1.29, 1.82) is 0 Å². The Morgan fingerprint density at radius 2 is 0.811 bits per heavy atom. The van der Waals surface area contributed by atoms with Gasteiger partial charge in [0.1, 0.15) is 0 Å². The summed E-state index contributed by atoms with van der Waals surface area (Å²) in [6.07, 6.45) is -10.4. The number of hydrogen-bond donors (Lipinski definition) is 7. The summed E-state index contributed by atoms with van der Waals surface area (Å²) in [4.78, 5) is 90.3. The molecule has 17 nitrogen and oxygen atoms in total. The molecule has 0 radical (unpaired) electrons. The average Bonchev–Trinajstić information content (AvgIpc) is 2.58. The first-order valence-electron chi connectivity index (χ1n) is 8.43. The Labute approximate surface area is 257 Å². The monoisotopic (exact) mass is 738 g/mol. The topological polar surface area (TPSA) is 297 Å². The van der Waals surface area contributed by atoms with Crippen molar-refractivity contribution >= 4 is 47.8 Å². The Bertz CT molecular complexity index is 841. The Morgan fingerprint density at radius 3 is 1.05 bits per heavy atom. The van der Waals surface area contributed by atoms with Crippen molar-refractivity contribution in [3.8, 4) is 0 Å². The summed E-state index contributed by atoms with van der Waals surface area (Å²) in [7, 11) is 0. The number of carboxylic acids is 6. The molecule has 0 saturated heterocycles. The molecule has 1 unspecified atom stereocenters.